The number of rotatable bonds is 10. The molecular weight excluding hydrogens is 692 g/mol. The summed E-state index contributed by atoms with van der Waals surface area (Å²) in [5.74, 6) is -3.26. The molecule has 1 atom stereocenters. The van der Waals surface area contributed by atoms with Crippen LogP contribution in [0.1, 0.15) is 64.9 Å². The van der Waals surface area contributed by atoms with Gasteiger partial charge in [0.2, 0.25) is 5.91 Å². The number of halogens is 3. The molecule has 1 saturated heterocycles. The lowest BCUT2D eigenvalue weighted by atomic mass is 9.98. The van der Waals surface area contributed by atoms with Gasteiger partial charge < -0.3 is 24.4 Å². The molecule has 0 radical (unpaired) electrons. The topological polar surface area (TPSA) is 89.1 Å². The molecule has 1 aliphatic carbocycles. The quantitative estimate of drug-likeness (QED) is 0.203. The second-order valence-electron chi connectivity index (χ2n) is 13.1. The summed E-state index contributed by atoms with van der Waals surface area (Å²) >= 11 is 4.31. The number of benzene rings is 3. The number of amides is 2. The number of hydrogen-bond donors (Lipinski definition) is 2. The van der Waals surface area contributed by atoms with Crippen molar-refractivity contribution in [3.8, 4) is 11.5 Å². The Kier molecular flexibility index (Phi) is 11.2. The Morgan fingerprint density at radius 2 is 1.64 bits per heavy atom. The fraction of sp³-hybridized carbons (Fsp3) is 0.486. The van der Waals surface area contributed by atoms with Gasteiger partial charge in [0.1, 0.15) is 17.1 Å². The second-order valence-corrected chi connectivity index (χ2v) is 14.8. The molecule has 0 aromatic heterocycles. The minimum atomic E-state index is -3.59. The number of ether oxygens (including phenoxy) is 3. The van der Waals surface area contributed by atoms with Crippen LogP contribution >= 0.6 is 27.9 Å². The average molecular weight is 735 g/mol. The van der Waals surface area contributed by atoms with E-state index in [0.717, 1.165) is 41.3 Å². The minimum absolute atomic E-state index is 0.211. The van der Waals surface area contributed by atoms with Crippen molar-refractivity contribution < 1.29 is 32.6 Å². The molecule has 2 fully saturated rings. The SMILES string of the molecule is COc1cc(C(F)(F)C(NSc2ccc3cc(OC4CCCC4)ccc3c2)C(=O)N2CCC(NC(=O)OC(C)(C)C)CC2)ccc1Br. The summed E-state index contributed by atoms with van der Waals surface area (Å²) in [6.07, 6.45) is 5.05. The zero-order chi connectivity index (χ0) is 33.8. The first-order valence-corrected chi connectivity index (χ1v) is 17.6. The zero-order valence-corrected chi connectivity index (χ0v) is 29.5. The van der Waals surface area contributed by atoms with E-state index in [0.29, 0.717) is 22.2 Å². The molecule has 5 rings (SSSR count). The first-order valence-electron chi connectivity index (χ1n) is 16.0. The molecule has 1 aliphatic heterocycles. The van der Waals surface area contributed by atoms with E-state index >= 15 is 8.78 Å². The summed E-state index contributed by atoms with van der Waals surface area (Å²) in [5.41, 5.74) is -0.991. The number of fused-ring (bicyclic) bond motifs is 1. The van der Waals surface area contributed by atoms with Gasteiger partial charge in [0.05, 0.1) is 17.7 Å². The van der Waals surface area contributed by atoms with E-state index < -0.39 is 29.6 Å². The molecule has 8 nitrogen and oxygen atoms in total. The monoisotopic (exact) mass is 733 g/mol. The lowest BCUT2D eigenvalue weighted by Gasteiger charge is -2.36. The van der Waals surface area contributed by atoms with Gasteiger partial charge in [-0.2, -0.15) is 8.78 Å². The number of alkyl carbamates (subject to hydrolysis) is 1. The largest absolute Gasteiger partial charge is 0.496 e. The molecule has 12 heteroatoms. The van der Waals surface area contributed by atoms with Gasteiger partial charge in [0, 0.05) is 29.6 Å². The van der Waals surface area contributed by atoms with Crippen LogP contribution in [0.4, 0.5) is 13.6 Å². The van der Waals surface area contributed by atoms with Crippen molar-refractivity contribution in [2.24, 2.45) is 0 Å². The Morgan fingerprint density at radius 3 is 2.32 bits per heavy atom. The molecule has 3 aromatic rings. The predicted octanol–water partition coefficient (Wildman–Crippen LogP) is 8.21. The maximum atomic E-state index is 16.4. The molecule has 1 heterocycles. The van der Waals surface area contributed by atoms with Gasteiger partial charge in [-0.15, -0.1) is 0 Å². The Hall–Kier alpha value is -3.09. The van der Waals surface area contributed by atoms with Crippen LogP contribution in [0.15, 0.2) is 64.0 Å². The van der Waals surface area contributed by atoms with Gasteiger partial charge in [0.25, 0.3) is 5.92 Å². The van der Waals surface area contributed by atoms with Crippen LogP contribution in [0, 0.1) is 0 Å². The fourth-order valence-corrected chi connectivity index (χ4v) is 7.11. The lowest BCUT2D eigenvalue weighted by Crippen LogP contribution is -2.56. The lowest BCUT2D eigenvalue weighted by molar-refractivity contribution is -0.145. The van der Waals surface area contributed by atoms with E-state index in [-0.39, 0.29) is 36.5 Å². The highest BCUT2D eigenvalue weighted by atomic mass is 79.9. The standard InChI is InChI=1S/C35H42BrF2N3O5S/c1-34(2,3)46-33(43)39-25-15-17-41(18-16-25)32(42)31(35(37,38)24-11-14-29(36)30(21-24)44-4)40-47-28-13-10-22-19-27(12-9-23(22)20-28)45-26-7-5-6-8-26/h9-14,19-21,25-26,31,40H,5-8,15-18H2,1-4H3,(H,39,43). The number of nitrogens with zero attached hydrogens (tertiary/aromatic N) is 1. The molecule has 0 spiro atoms. The Labute approximate surface area is 287 Å². The van der Waals surface area contributed by atoms with Crippen LogP contribution < -0.4 is 19.5 Å². The van der Waals surface area contributed by atoms with Crippen molar-refractivity contribution >= 4 is 50.7 Å². The van der Waals surface area contributed by atoms with Gasteiger partial charge in [-0.3, -0.25) is 4.79 Å². The summed E-state index contributed by atoms with van der Waals surface area (Å²) in [6.45, 7) is 5.76. The molecule has 2 amide bonds. The number of piperidine rings is 1. The summed E-state index contributed by atoms with van der Waals surface area (Å²) in [6, 6.07) is 13.5. The third-order valence-electron chi connectivity index (χ3n) is 8.36. The van der Waals surface area contributed by atoms with Crippen LogP contribution in [-0.4, -0.2) is 60.9 Å². The van der Waals surface area contributed by atoms with Crippen LogP contribution in [-0.2, 0) is 15.5 Å². The van der Waals surface area contributed by atoms with Gasteiger partial charge in [-0.1, -0.05) is 18.2 Å². The van der Waals surface area contributed by atoms with E-state index in [1.165, 1.54) is 43.1 Å². The van der Waals surface area contributed by atoms with Crippen LogP contribution in [0.5, 0.6) is 11.5 Å². The molecule has 2 aliphatic rings. The van der Waals surface area contributed by atoms with Crippen molar-refractivity contribution in [1.29, 1.82) is 0 Å². The van der Waals surface area contributed by atoms with E-state index in [1.54, 1.807) is 20.8 Å². The first-order chi connectivity index (χ1) is 22.3. The number of carbonyl (C=O) groups excluding carboxylic acids is 2. The zero-order valence-electron chi connectivity index (χ0n) is 27.1. The predicted molar refractivity (Wildman–Crippen MR) is 183 cm³/mol. The van der Waals surface area contributed by atoms with Gasteiger partial charge in [-0.25, -0.2) is 9.52 Å². The Bertz CT molecular complexity index is 1570. The third-order valence-corrected chi connectivity index (χ3v) is 9.85. The van der Waals surface area contributed by atoms with E-state index in [4.69, 9.17) is 14.2 Å². The van der Waals surface area contributed by atoms with Crippen LogP contribution in [0.3, 0.4) is 0 Å². The van der Waals surface area contributed by atoms with Crippen molar-refractivity contribution in [3.63, 3.8) is 0 Å². The first kappa shape index (κ1) is 35.2. The Morgan fingerprint density at radius 1 is 0.957 bits per heavy atom. The number of carbonyl (C=O) groups is 2. The highest BCUT2D eigenvalue weighted by Crippen LogP contribution is 2.39. The molecule has 0 bridgehead atoms. The van der Waals surface area contributed by atoms with Crippen LogP contribution in [0.2, 0.25) is 0 Å². The summed E-state index contributed by atoms with van der Waals surface area (Å²) in [5, 5.41) is 4.74. The normalized spacial score (nSPS) is 17.0. The van der Waals surface area contributed by atoms with Gasteiger partial charge >= 0.3 is 6.09 Å². The van der Waals surface area contributed by atoms with Gasteiger partial charge in [-0.05, 0) is 134 Å². The Balaban J connectivity index is 1.31. The highest BCUT2D eigenvalue weighted by Gasteiger charge is 2.48. The van der Waals surface area contributed by atoms with Crippen molar-refractivity contribution in [2.75, 3.05) is 20.2 Å². The van der Waals surface area contributed by atoms with E-state index in [9.17, 15) is 9.59 Å². The average Bonchev–Trinajstić information content (AvgIpc) is 3.53. The van der Waals surface area contributed by atoms with Crippen LogP contribution in [0.25, 0.3) is 10.8 Å². The number of nitrogens with one attached hydrogen (secondary N) is 2. The molecule has 254 valence electrons. The molecule has 1 saturated carbocycles. The molecular formula is C35H42BrF2N3O5S. The third kappa shape index (κ3) is 9.08. The minimum Gasteiger partial charge on any atom is -0.496 e. The van der Waals surface area contributed by atoms with E-state index in [2.05, 4.69) is 26.0 Å². The highest BCUT2D eigenvalue weighted by molar-refractivity contribution is 9.10. The van der Waals surface area contributed by atoms with E-state index in [1.807, 2.05) is 36.4 Å². The number of alkyl halides is 2. The molecule has 47 heavy (non-hydrogen) atoms. The van der Waals surface area contributed by atoms with Crippen molar-refractivity contribution in [3.05, 3.63) is 64.6 Å². The van der Waals surface area contributed by atoms with Crippen molar-refractivity contribution in [1.82, 2.24) is 14.9 Å². The van der Waals surface area contributed by atoms with Crippen molar-refractivity contribution in [2.45, 2.75) is 93.9 Å². The molecule has 2 N–H and O–H groups in total. The van der Waals surface area contributed by atoms with Gasteiger partial charge in [0.15, 0.2) is 6.04 Å². The summed E-state index contributed by atoms with van der Waals surface area (Å²) in [4.78, 5) is 28.2. The number of likely N-dealkylation sites (tertiary alicyclic amines) is 1. The summed E-state index contributed by atoms with van der Waals surface area (Å²) < 4.78 is 52.8. The molecule has 1 unspecified atom stereocenters. The summed E-state index contributed by atoms with van der Waals surface area (Å²) in [7, 11) is 1.40. The number of methoxy groups -OCH3 is 1. The maximum absolute atomic E-state index is 16.4. The molecule has 3 aromatic carbocycles. The smallest absolute Gasteiger partial charge is 0.407 e. The number of hydrogen-bond acceptors (Lipinski definition) is 7. The maximum Gasteiger partial charge on any atom is 0.407 e. The fourth-order valence-electron chi connectivity index (χ4n) is 5.88. The second kappa shape index (κ2) is 15.0.